The van der Waals surface area contributed by atoms with E-state index in [9.17, 15) is 4.79 Å². The second-order valence-electron chi connectivity index (χ2n) is 5.41. The quantitative estimate of drug-likeness (QED) is 0.417. The third kappa shape index (κ3) is 4.29. The topological polar surface area (TPSA) is 83.8 Å². The van der Waals surface area contributed by atoms with E-state index in [2.05, 4.69) is 15.5 Å². The van der Waals surface area contributed by atoms with Crippen LogP contribution in [0.25, 0.3) is 16.5 Å². The number of para-hydroxylation sites is 1. The highest BCUT2D eigenvalue weighted by Crippen LogP contribution is 2.22. The van der Waals surface area contributed by atoms with Gasteiger partial charge in [0, 0.05) is 17.5 Å². The maximum atomic E-state index is 12.1. The van der Waals surface area contributed by atoms with E-state index in [4.69, 9.17) is 5.73 Å². The van der Waals surface area contributed by atoms with Crippen LogP contribution in [0.4, 0.5) is 0 Å². The van der Waals surface area contributed by atoms with Gasteiger partial charge in [-0.25, -0.2) is 0 Å². The Morgan fingerprint density at radius 3 is 2.87 bits per heavy atom. The summed E-state index contributed by atoms with van der Waals surface area (Å²) in [4.78, 5) is 12.1. The van der Waals surface area contributed by atoms with Gasteiger partial charge >= 0.3 is 0 Å². The zero-order valence-corrected chi connectivity index (χ0v) is 13.7. The van der Waals surface area contributed by atoms with Gasteiger partial charge < -0.3 is 11.1 Å². The highest BCUT2D eigenvalue weighted by atomic mass is 16.1. The number of nitrogens with two attached hydrogens (primary N) is 1. The number of benzene rings is 1. The van der Waals surface area contributed by atoms with Crippen LogP contribution in [-0.4, -0.2) is 29.2 Å². The number of H-pyrrole nitrogens is 1. The summed E-state index contributed by atoms with van der Waals surface area (Å²) in [6.45, 7) is 5.16. The standard InChI is InChI=1S/C18H24N4O/c1-3-14(18(23)20-12-6-11-19)10-9-13(2)17-15-7-4-5-8-16(15)21-22-17/h4-5,7-10H,3,6,11-12,19H2,1-2H3,(H,20,23)(H,21,22)/b13-9+,14-10+. The zero-order chi connectivity index (χ0) is 16.7. The van der Waals surface area contributed by atoms with Crippen molar-refractivity contribution in [3.63, 3.8) is 0 Å². The van der Waals surface area contributed by atoms with Crippen LogP contribution >= 0.6 is 0 Å². The van der Waals surface area contributed by atoms with Gasteiger partial charge in [-0.15, -0.1) is 0 Å². The Morgan fingerprint density at radius 2 is 2.13 bits per heavy atom. The third-order valence-electron chi connectivity index (χ3n) is 3.72. The molecule has 2 rings (SSSR count). The maximum absolute atomic E-state index is 12.1. The van der Waals surface area contributed by atoms with Gasteiger partial charge in [0.15, 0.2) is 0 Å². The molecule has 0 radical (unpaired) electrons. The maximum Gasteiger partial charge on any atom is 0.247 e. The first-order valence-electron chi connectivity index (χ1n) is 7.96. The number of aromatic nitrogens is 2. The van der Waals surface area contributed by atoms with Crippen molar-refractivity contribution in [1.29, 1.82) is 0 Å². The molecule has 0 saturated carbocycles. The van der Waals surface area contributed by atoms with Crippen molar-refractivity contribution < 1.29 is 4.79 Å². The Morgan fingerprint density at radius 1 is 1.35 bits per heavy atom. The number of rotatable bonds is 7. The Balaban J connectivity index is 2.16. The summed E-state index contributed by atoms with van der Waals surface area (Å²) >= 11 is 0. The molecule has 0 bridgehead atoms. The van der Waals surface area contributed by atoms with Crippen LogP contribution in [0.5, 0.6) is 0 Å². The SMILES string of the molecule is CC/C(=C\C=C(/C)c1n[nH]c2ccccc12)C(=O)NCCCN. The second-order valence-corrected chi connectivity index (χ2v) is 5.41. The van der Waals surface area contributed by atoms with Gasteiger partial charge in [0.25, 0.3) is 0 Å². The number of nitrogens with zero attached hydrogens (tertiary/aromatic N) is 1. The average Bonchev–Trinajstić information content (AvgIpc) is 2.99. The number of carbonyl (C=O) groups is 1. The number of allylic oxidation sites excluding steroid dienone is 3. The Kier molecular flexibility index (Phi) is 6.11. The zero-order valence-electron chi connectivity index (χ0n) is 13.7. The van der Waals surface area contributed by atoms with Crippen LogP contribution in [0.15, 0.2) is 42.0 Å². The van der Waals surface area contributed by atoms with Crippen molar-refractivity contribution >= 4 is 22.4 Å². The molecule has 1 amide bonds. The van der Waals surface area contributed by atoms with Crippen LogP contribution in [0.3, 0.4) is 0 Å². The van der Waals surface area contributed by atoms with E-state index < -0.39 is 0 Å². The van der Waals surface area contributed by atoms with E-state index in [-0.39, 0.29) is 5.91 Å². The molecule has 0 aliphatic rings. The third-order valence-corrected chi connectivity index (χ3v) is 3.72. The molecule has 5 nitrogen and oxygen atoms in total. The molecule has 4 N–H and O–H groups in total. The van der Waals surface area contributed by atoms with Gasteiger partial charge in [-0.3, -0.25) is 9.89 Å². The monoisotopic (exact) mass is 312 g/mol. The predicted molar refractivity (Wildman–Crippen MR) is 94.8 cm³/mol. The highest BCUT2D eigenvalue weighted by Gasteiger charge is 2.08. The molecule has 23 heavy (non-hydrogen) atoms. The van der Waals surface area contributed by atoms with E-state index in [1.165, 1.54) is 0 Å². The Labute approximate surface area is 136 Å². The molecule has 1 aromatic carbocycles. The second kappa shape index (κ2) is 8.29. The van der Waals surface area contributed by atoms with Gasteiger partial charge in [-0.1, -0.05) is 37.3 Å². The summed E-state index contributed by atoms with van der Waals surface area (Å²) in [5, 5.41) is 11.4. The lowest BCUT2D eigenvalue weighted by atomic mass is 10.1. The Bertz CT molecular complexity index is 727. The largest absolute Gasteiger partial charge is 0.352 e. The van der Waals surface area contributed by atoms with Crippen molar-refractivity contribution in [2.45, 2.75) is 26.7 Å². The first-order chi connectivity index (χ1) is 11.2. The molecular weight excluding hydrogens is 288 g/mol. The summed E-state index contributed by atoms with van der Waals surface area (Å²) in [5.41, 5.74) is 9.13. The van der Waals surface area contributed by atoms with Crippen molar-refractivity contribution in [3.05, 3.63) is 47.7 Å². The van der Waals surface area contributed by atoms with Crippen LogP contribution in [0.1, 0.15) is 32.4 Å². The minimum absolute atomic E-state index is 0.0307. The minimum Gasteiger partial charge on any atom is -0.352 e. The first kappa shape index (κ1) is 17.0. The molecule has 1 aromatic heterocycles. The van der Waals surface area contributed by atoms with Crippen LogP contribution in [-0.2, 0) is 4.79 Å². The predicted octanol–water partition coefficient (Wildman–Crippen LogP) is 2.77. The van der Waals surface area contributed by atoms with Crippen molar-refractivity contribution in [1.82, 2.24) is 15.5 Å². The van der Waals surface area contributed by atoms with Crippen LogP contribution in [0.2, 0.25) is 0 Å². The number of hydrogen-bond donors (Lipinski definition) is 3. The van der Waals surface area contributed by atoms with E-state index in [1.807, 2.05) is 50.3 Å². The number of nitrogens with one attached hydrogen (secondary N) is 2. The van der Waals surface area contributed by atoms with E-state index in [0.29, 0.717) is 19.5 Å². The van der Waals surface area contributed by atoms with E-state index in [1.54, 1.807) is 0 Å². The summed E-state index contributed by atoms with van der Waals surface area (Å²) in [6.07, 6.45) is 5.29. The molecule has 2 aromatic rings. The smallest absolute Gasteiger partial charge is 0.247 e. The molecule has 0 spiro atoms. The van der Waals surface area contributed by atoms with E-state index in [0.717, 1.165) is 34.2 Å². The first-order valence-corrected chi connectivity index (χ1v) is 7.96. The lowest BCUT2D eigenvalue weighted by molar-refractivity contribution is -0.117. The van der Waals surface area contributed by atoms with Gasteiger partial charge in [0.1, 0.15) is 0 Å². The fraction of sp³-hybridized carbons (Fsp3) is 0.333. The lowest BCUT2D eigenvalue weighted by Crippen LogP contribution is -2.27. The fourth-order valence-corrected chi connectivity index (χ4v) is 2.34. The summed E-state index contributed by atoms with van der Waals surface area (Å²) in [6, 6.07) is 8.00. The fourth-order valence-electron chi connectivity index (χ4n) is 2.34. The van der Waals surface area contributed by atoms with Crippen molar-refractivity contribution in [2.75, 3.05) is 13.1 Å². The summed E-state index contributed by atoms with van der Waals surface area (Å²) in [7, 11) is 0. The average molecular weight is 312 g/mol. The number of fused-ring (bicyclic) bond motifs is 1. The molecule has 0 fully saturated rings. The summed E-state index contributed by atoms with van der Waals surface area (Å²) < 4.78 is 0. The molecule has 5 heteroatoms. The van der Waals surface area contributed by atoms with Crippen molar-refractivity contribution in [2.24, 2.45) is 5.73 Å². The number of hydrogen-bond acceptors (Lipinski definition) is 3. The highest BCUT2D eigenvalue weighted by molar-refractivity contribution is 5.94. The minimum atomic E-state index is -0.0307. The van der Waals surface area contributed by atoms with Crippen LogP contribution < -0.4 is 11.1 Å². The van der Waals surface area contributed by atoms with E-state index >= 15 is 0 Å². The van der Waals surface area contributed by atoms with Crippen molar-refractivity contribution in [3.8, 4) is 0 Å². The van der Waals surface area contributed by atoms with Gasteiger partial charge in [0.05, 0.1) is 11.2 Å². The molecule has 0 unspecified atom stereocenters. The number of carbonyl (C=O) groups excluding carboxylic acids is 1. The lowest BCUT2D eigenvalue weighted by Gasteiger charge is -2.06. The molecule has 1 heterocycles. The van der Waals surface area contributed by atoms with Gasteiger partial charge in [-0.2, -0.15) is 5.10 Å². The number of amides is 1. The van der Waals surface area contributed by atoms with Gasteiger partial charge in [0.2, 0.25) is 5.91 Å². The molecule has 0 atom stereocenters. The molecule has 0 aliphatic heterocycles. The molecule has 0 saturated heterocycles. The molecule has 0 aliphatic carbocycles. The number of aromatic amines is 1. The van der Waals surface area contributed by atoms with Crippen LogP contribution in [0, 0.1) is 0 Å². The molecule has 122 valence electrons. The molecular formula is C18H24N4O. The normalized spacial score (nSPS) is 12.7. The Hall–Kier alpha value is -2.40. The van der Waals surface area contributed by atoms with Gasteiger partial charge in [-0.05, 0) is 37.9 Å². The summed E-state index contributed by atoms with van der Waals surface area (Å²) in [5.74, 6) is -0.0307.